The van der Waals surface area contributed by atoms with E-state index in [1.54, 1.807) is 25.3 Å². The van der Waals surface area contributed by atoms with Gasteiger partial charge in [0.2, 0.25) is 5.88 Å². The second-order valence-corrected chi connectivity index (χ2v) is 6.05. The molecule has 3 rings (SSSR count). The van der Waals surface area contributed by atoms with E-state index in [9.17, 15) is 4.79 Å². The lowest BCUT2D eigenvalue weighted by atomic mass is 10.2. The SMILES string of the molecule is COc1ccc(NC(=O)c2cnc(OC3CCOC3)c(Cl)c2)cc1OC. The molecule has 0 saturated carbocycles. The first-order valence-corrected chi connectivity index (χ1v) is 8.42. The van der Waals surface area contributed by atoms with E-state index in [1.807, 2.05) is 0 Å². The number of rotatable bonds is 6. The summed E-state index contributed by atoms with van der Waals surface area (Å²) in [4.78, 5) is 16.6. The van der Waals surface area contributed by atoms with Crippen LogP contribution in [0.2, 0.25) is 5.02 Å². The number of pyridine rings is 1. The number of amides is 1. The van der Waals surface area contributed by atoms with Gasteiger partial charge in [-0.25, -0.2) is 4.98 Å². The zero-order chi connectivity index (χ0) is 18.5. The Morgan fingerprint density at radius 3 is 2.73 bits per heavy atom. The molecule has 8 heteroatoms. The Labute approximate surface area is 156 Å². The fraction of sp³-hybridized carbons (Fsp3) is 0.333. The Balaban J connectivity index is 1.70. The van der Waals surface area contributed by atoms with E-state index in [0.717, 1.165) is 6.42 Å². The zero-order valence-corrected chi connectivity index (χ0v) is 15.2. The second-order valence-electron chi connectivity index (χ2n) is 5.64. The van der Waals surface area contributed by atoms with E-state index >= 15 is 0 Å². The van der Waals surface area contributed by atoms with Crippen LogP contribution in [-0.4, -0.2) is 44.4 Å². The van der Waals surface area contributed by atoms with Crippen LogP contribution in [0.1, 0.15) is 16.8 Å². The molecule has 0 radical (unpaired) electrons. The molecule has 1 aromatic carbocycles. The molecule has 1 atom stereocenters. The molecule has 0 bridgehead atoms. The van der Waals surface area contributed by atoms with Crippen LogP contribution in [0.3, 0.4) is 0 Å². The minimum absolute atomic E-state index is 0.0635. The number of nitrogens with zero attached hydrogens (tertiary/aromatic N) is 1. The van der Waals surface area contributed by atoms with Crippen molar-refractivity contribution in [2.45, 2.75) is 12.5 Å². The highest BCUT2D eigenvalue weighted by molar-refractivity contribution is 6.32. The fourth-order valence-corrected chi connectivity index (χ4v) is 2.73. The van der Waals surface area contributed by atoms with Crippen LogP contribution in [0.5, 0.6) is 17.4 Å². The number of anilines is 1. The van der Waals surface area contributed by atoms with E-state index in [0.29, 0.717) is 41.8 Å². The molecule has 138 valence electrons. The molecule has 7 nitrogen and oxygen atoms in total. The van der Waals surface area contributed by atoms with E-state index in [1.165, 1.54) is 19.4 Å². The lowest BCUT2D eigenvalue weighted by Crippen LogP contribution is -2.17. The third-order valence-corrected chi connectivity index (χ3v) is 4.15. The van der Waals surface area contributed by atoms with Crippen molar-refractivity contribution in [3.05, 3.63) is 41.0 Å². The average molecular weight is 379 g/mol. The van der Waals surface area contributed by atoms with Crippen LogP contribution < -0.4 is 19.5 Å². The van der Waals surface area contributed by atoms with Crippen molar-refractivity contribution in [3.63, 3.8) is 0 Å². The summed E-state index contributed by atoms with van der Waals surface area (Å²) < 4.78 is 21.3. The summed E-state index contributed by atoms with van der Waals surface area (Å²) in [5.74, 6) is 1.05. The summed E-state index contributed by atoms with van der Waals surface area (Å²) in [5, 5.41) is 3.04. The molecule has 1 aromatic heterocycles. The quantitative estimate of drug-likeness (QED) is 0.831. The first-order chi connectivity index (χ1) is 12.6. The van der Waals surface area contributed by atoms with Crippen molar-refractivity contribution >= 4 is 23.2 Å². The molecule has 2 aromatic rings. The molecule has 1 saturated heterocycles. The molecular formula is C18H19ClN2O5. The highest BCUT2D eigenvalue weighted by Gasteiger charge is 2.20. The number of hydrogen-bond acceptors (Lipinski definition) is 6. The van der Waals surface area contributed by atoms with Crippen LogP contribution in [0.4, 0.5) is 5.69 Å². The lowest BCUT2D eigenvalue weighted by Gasteiger charge is -2.13. The predicted molar refractivity (Wildman–Crippen MR) is 96.6 cm³/mol. The van der Waals surface area contributed by atoms with E-state index in [4.69, 9.17) is 30.5 Å². The molecule has 1 amide bonds. The average Bonchev–Trinajstić information content (AvgIpc) is 3.16. The summed E-state index contributed by atoms with van der Waals surface area (Å²) in [5.41, 5.74) is 0.881. The minimum Gasteiger partial charge on any atom is -0.493 e. The number of carbonyl (C=O) groups excluding carboxylic acids is 1. The van der Waals surface area contributed by atoms with E-state index in [-0.39, 0.29) is 17.0 Å². The number of hydrogen-bond donors (Lipinski definition) is 1. The maximum absolute atomic E-state index is 12.4. The van der Waals surface area contributed by atoms with Gasteiger partial charge in [-0.05, 0) is 18.2 Å². The Hall–Kier alpha value is -2.51. The van der Waals surface area contributed by atoms with Crippen LogP contribution in [-0.2, 0) is 4.74 Å². The Kier molecular flexibility index (Phi) is 5.80. The molecule has 0 spiro atoms. The van der Waals surface area contributed by atoms with Gasteiger partial charge in [0.05, 0.1) is 33.0 Å². The van der Waals surface area contributed by atoms with Gasteiger partial charge >= 0.3 is 0 Å². The van der Waals surface area contributed by atoms with E-state index in [2.05, 4.69) is 10.3 Å². The normalized spacial score (nSPS) is 16.2. The molecule has 1 unspecified atom stereocenters. The predicted octanol–water partition coefficient (Wildman–Crippen LogP) is 3.17. The zero-order valence-electron chi connectivity index (χ0n) is 14.5. The van der Waals surface area contributed by atoms with Gasteiger partial charge in [0.15, 0.2) is 11.5 Å². The van der Waals surface area contributed by atoms with Gasteiger partial charge in [-0.1, -0.05) is 11.6 Å². The molecule has 26 heavy (non-hydrogen) atoms. The van der Waals surface area contributed by atoms with Gasteiger partial charge in [0.1, 0.15) is 11.1 Å². The van der Waals surface area contributed by atoms with Crippen molar-refractivity contribution in [3.8, 4) is 17.4 Å². The largest absolute Gasteiger partial charge is 0.493 e. The summed E-state index contributed by atoms with van der Waals surface area (Å²) in [7, 11) is 3.08. The van der Waals surface area contributed by atoms with E-state index < -0.39 is 0 Å². The number of benzene rings is 1. The van der Waals surface area contributed by atoms with Crippen LogP contribution in [0.15, 0.2) is 30.5 Å². The number of nitrogens with one attached hydrogen (secondary N) is 1. The van der Waals surface area contributed by atoms with Crippen LogP contribution in [0.25, 0.3) is 0 Å². The molecule has 1 N–H and O–H groups in total. The number of carbonyl (C=O) groups is 1. The fourth-order valence-electron chi connectivity index (χ4n) is 2.52. The van der Waals surface area contributed by atoms with Gasteiger partial charge in [0, 0.05) is 24.4 Å². The molecule has 2 heterocycles. The van der Waals surface area contributed by atoms with Gasteiger partial charge < -0.3 is 24.3 Å². The van der Waals surface area contributed by atoms with Gasteiger partial charge in [-0.15, -0.1) is 0 Å². The highest BCUT2D eigenvalue weighted by atomic mass is 35.5. The highest BCUT2D eigenvalue weighted by Crippen LogP contribution is 2.30. The standard InChI is InChI=1S/C18H19ClN2O5/c1-23-15-4-3-12(8-16(15)24-2)21-17(22)11-7-14(19)18(20-9-11)26-13-5-6-25-10-13/h3-4,7-9,13H,5-6,10H2,1-2H3,(H,21,22). The first-order valence-electron chi connectivity index (χ1n) is 8.04. The summed E-state index contributed by atoms with van der Waals surface area (Å²) >= 11 is 6.20. The van der Waals surface area contributed by atoms with Crippen molar-refractivity contribution in [1.82, 2.24) is 4.98 Å². The maximum atomic E-state index is 12.4. The third-order valence-electron chi connectivity index (χ3n) is 3.88. The van der Waals surface area contributed by atoms with Gasteiger partial charge in [-0.3, -0.25) is 4.79 Å². The van der Waals surface area contributed by atoms with Crippen molar-refractivity contribution in [2.75, 3.05) is 32.8 Å². The molecule has 1 fully saturated rings. The third kappa shape index (κ3) is 4.17. The second kappa shape index (κ2) is 8.25. The summed E-state index contributed by atoms with van der Waals surface area (Å²) in [6.07, 6.45) is 2.15. The minimum atomic E-state index is -0.345. The van der Waals surface area contributed by atoms with Crippen molar-refractivity contribution in [1.29, 1.82) is 0 Å². The summed E-state index contributed by atoms with van der Waals surface area (Å²) in [6, 6.07) is 6.62. The van der Waals surface area contributed by atoms with Gasteiger partial charge in [-0.2, -0.15) is 0 Å². The molecule has 1 aliphatic rings. The Bertz CT molecular complexity index is 793. The number of halogens is 1. The molecule has 1 aliphatic heterocycles. The van der Waals surface area contributed by atoms with Crippen molar-refractivity contribution in [2.24, 2.45) is 0 Å². The molecular weight excluding hydrogens is 360 g/mol. The smallest absolute Gasteiger partial charge is 0.257 e. The monoisotopic (exact) mass is 378 g/mol. The molecule has 0 aliphatic carbocycles. The van der Waals surface area contributed by atoms with Crippen LogP contribution in [0, 0.1) is 0 Å². The number of methoxy groups -OCH3 is 2. The Morgan fingerprint density at radius 2 is 2.08 bits per heavy atom. The number of ether oxygens (including phenoxy) is 4. The number of aromatic nitrogens is 1. The Morgan fingerprint density at radius 1 is 1.27 bits per heavy atom. The first kappa shape index (κ1) is 18.3. The van der Waals surface area contributed by atoms with Gasteiger partial charge in [0.25, 0.3) is 5.91 Å². The lowest BCUT2D eigenvalue weighted by molar-refractivity contribution is 0.102. The van der Waals surface area contributed by atoms with Crippen LogP contribution >= 0.6 is 11.6 Å². The maximum Gasteiger partial charge on any atom is 0.257 e. The van der Waals surface area contributed by atoms with Crippen molar-refractivity contribution < 1.29 is 23.7 Å². The summed E-state index contributed by atoms with van der Waals surface area (Å²) in [6.45, 7) is 1.17. The topological polar surface area (TPSA) is 78.9 Å².